The normalized spacial score (nSPS) is 12.0. The minimum absolute atomic E-state index is 0.192. The topological polar surface area (TPSA) is 58.6 Å². The first-order valence-corrected chi connectivity index (χ1v) is 6.67. The van der Waals surface area contributed by atoms with Gasteiger partial charge in [-0.25, -0.2) is 0 Å². The van der Waals surface area contributed by atoms with Crippen molar-refractivity contribution >= 4 is 21.8 Å². The Bertz CT molecular complexity index is 409. The molecule has 1 atom stereocenters. The van der Waals surface area contributed by atoms with Crippen molar-refractivity contribution in [1.29, 1.82) is 0 Å². The van der Waals surface area contributed by atoms with Gasteiger partial charge in [0.05, 0.1) is 18.8 Å². The van der Waals surface area contributed by atoms with Crippen LogP contribution >= 0.6 is 15.9 Å². The van der Waals surface area contributed by atoms with Crippen molar-refractivity contribution in [2.45, 2.75) is 25.9 Å². The predicted octanol–water partition coefficient (Wildman–Crippen LogP) is 2.35. The molecule has 0 heterocycles. The lowest BCUT2D eigenvalue weighted by Gasteiger charge is -2.11. The van der Waals surface area contributed by atoms with Crippen LogP contribution in [-0.4, -0.2) is 30.8 Å². The van der Waals surface area contributed by atoms with Crippen molar-refractivity contribution in [3.8, 4) is 5.75 Å². The summed E-state index contributed by atoms with van der Waals surface area (Å²) in [4.78, 5) is 11.9. The van der Waals surface area contributed by atoms with Gasteiger partial charge < -0.3 is 15.2 Å². The second-order valence-corrected chi connectivity index (χ2v) is 4.87. The standard InChI is InChI=1S/C13H18BrNO3/c1-3-10(16)6-7-15-13(17)11-5-4-9(14)8-12(11)18-2/h4-5,8,10,16H,3,6-7H2,1-2H3,(H,15,17). The summed E-state index contributed by atoms with van der Waals surface area (Å²) < 4.78 is 6.01. The van der Waals surface area contributed by atoms with Gasteiger partial charge in [0.2, 0.25) is 0 Å². The summed E-state index contributed by atoms with van der Waals surface area (Å²) >= 11 is 3.32. The van der Waals surface area contributed by atoms with E-state index < -0.39 is 0 Å². The third-order valence-electron chi connectivity index (χ3n) is 2.64. The number of hydrogen-bond acceptors (Lipinski definition) is 3. The Hall–Kier alpha value is -1.07. The minimum Gasteiger partial charge on any atom is -0.496 e. The monoisotopic (exact) mass is 315 g/mol. The van der Waals surface area contributed by atoms with Gasteiger partial charge in [-0.1, -0.05) is 22.9 Å². The van der Waals surface area contributed by atoms with Crippen LogP contribution in [0.2, 0.25) is 0 Å². The summed E-state index contributed by atoms with van der Waals surface area (Å²) in [6.07, 6.45) is 0.885. The summed E-state index contributed by atoms with van der Waals surface area (Å²) in [5.41, 5.74) is 0.492. The molecule has 0 fully saturated rings. The first-order valence-electron chi connectivity index (χ1n) is 5.88. The third-order valence-corrected chi connectivity index (χ3v) is 3.14. The number of nitrogens with one attached hydrogen (secondary N) is 1. The molecule has 0 spiro atoms. The zero-order valence-electron chi connectivity index (χ0n) is 10.6. The van der Waals surface area contributed by atoms with Gasteiger partial charge in [-0.05, 0) is 31.0 Å². The molecular formula is C13H18BrNO3. The van der Waals surface area contributed by atoms with Crippen LogP contribution in [-0.2, 0) is 0 Å². The molecule has 100 valence electrons. The Labute approximate surface area is 115 Å². The fourth-order valence-corrected chi connectivity index (χ4v) is 1.84. The number of rotatable bonds is 6. The first kappa shape index (κ1) is 15.0. The first-order chi connectivity index (χ1) is 8.58. The number of aliphatic hydroxyl groups excluding tert-OH is 1. The van der Waals surface area contributed by atoms with Crippen LogP contribution < -0.4 is 10.1 Å². The van der Waals surface area contributed by atoms with Gasteiger partial charge in [0.15, 0.2) is 0 Å². The van der Waals surface area contributed by atoms with E-state index in [0.717, 1.165) is 4.47 Å². The summed E-state index contributed by atoms with van der Waals surface area (Å²) in [6, 6.07) is 5.24. The Morgan fingerprint density at radius 2 is 2.28 bits per heavy atom. The molecule has 0 bridgehead atoms. The molecule has 0 saturated carbocycles. The van der Waals surface area contributed by atoms with Crippen LogP contribution in [0.3, 0.4) is 0 Å². The molecular weight excluding hydrogens is 298 g/mol. The number of hydrogen-bond donors (Lipinski definition) is 2. The zero-order valence-corrected chi connectivity index (χ0v) is 12.2. The maximum atomic E-state index is 11.9. The highest BCUT2D eigenvalue weighted by molar-refractivity contribution is 9.10. The highest BCUT2D eigenvalue weighted by Crippen LogP contribution is 2.23. The van der Waals surface area contributed by atoms with E-state index in [4.69, 9.17) is 4.74 Å². The Balaban J connectivity index is 2.61. The largest absolute Gasteiger partial charge is 0.496 e. The molecule has 0 aromatic heterocycles. The van der Waals surface area contributed by atoms with E-state index in [0.29, 0.717) is 30.7 Å². The molecule has 0 saturated heterocycles. The predicted molar refractivity (Wildman–Crippen MR) is 73.9 cm³/mol. The van der Waals surface area contributed by atoms with E-state index in [1.54, 1.807) is 18.2 Å². The molecule has 1 amide bonds. The van der Waals surface area contributed by atoms with Gasteiger partial charge >= 0.3 is 0 Å². The van der Waals surface area contributed by atoms with Crippen LogP contribution in [0.5, 0.6) is 5.75 Å². The molecule has 2 N–H and O–H groups in total. The lowest BCUT2D eigenvalue weighted by atomic mass is 10.1. The summed E-state index contributed by atoms with van der Waals surface area (Å²) in [5, 5.41) is 12.2. The van der Waals surface area contributed by atoms with Crippen molar-refractivity contribution in [1.82, 2.24) is 5.32 Å². The average Bonchev–Trinajstić information content (AvgIpc) is 2.37. The van der Waals surface area contributed by atoms with Crippen LogP contribution in [0.15, 0.2) is 22.7 Å². The van der Waals surface area contributed by atoms with Crippen molar-refractivity contribution in [3.05, 3.63) is 28.2 Å². The summed E-state index contributed by atoms with van der Waals surface area (Å²) in [5.74, 6) is 0.334. The Morgan fingerprint density at radius 1 is 1.56 bits per heavy atom. The van der Waals surface area contributed by atoms with Crippen LogP contribution in [0.4, 0.5) is 0 Å². The van der Waals surface area contributed by atoms with E-state index in [1.807, 2.05) is 6.92 Å². The lowest BCUT2D eigenvalue weighted by molar-refractivity contribution is 0.0939. The fraction of sp³-hybridized carbons (Fsp3) is 0.462. The lowest BCUT2D eigenvalue weighted by Crippen LogP contribution is -2.27. The van der Waals surface area contributed by atoms with E-state index in [1.165, 1.54) is 7.11 Å². The van der Waals surface area contributed by atoms with Crippen LogP contribution in [0, 0.1) is 0 Å². The molecule has 0 radical (unpaired) electrons. The number of aliphatic hydroxyl groups is 1. The quantitative estimate of drug-likeness (QED) is 0.847. The second kappa shape index (κ2) is 7.38. The average molecular weight is 316 g/mol. The molecule has 0 aliphatic heterocycles. The summed E-state index contributed by atoms with van der Waals surface area (Å²) in [6.45, 7) is 2.36. The van der Waals surface area contributed by atoms with Crippen LogP contribution in [0.25, 0.3) is 0 Å². The molecule has 18 heavy (non-hydrogen) atoms. The third kappa shape index (κ3) is 4.31. The van der Waals surface area contributed by atoms with E-state index >= 15 is 0 Å². The Kier molecular flexibility index (Phi) is 6.15. The minimum atomic E-state index is -0.364. The molecule has 1 rings (SSSR count). The number of benzene rings is 1. The molecule has 1 aromatic carbocycles. The van der Waals surface area contributed by atoms with E-state index in [-0.39, 0.29) is 12.0 Å². The van der Waals surface area contributed by atoms with Crippen molar-refractivity contribution in [2.24, 2.45) is 0 Å². The maximum absolute atomic E-state index is 11.9. The van der Waals surface area contributed by atoms with Crippen molar-refractivity contribution in [3.63, 3.8) is 0 Å². The number of carbonyl (C=O) groups excluding carboxylic acids is 1. The number of halogens is 1. The van der Waals surface area contributed by atoms with Gasteiger partial charge in [0, 0.05) is 11.0 Å². The van der Waals surface area contributed by atoms with Crippen molar-refractivity contribution in [2.75, 3.05) is 13.7 Å². The number of carbonyl (C=O) groups is 1. The molecule has 1 unspecified atom stereocenters. The molecule has 1 aromatic rings. The van der Waals surface area contributed by atoms with E-state index in [9.17, 15) is 9.90 Å². The number of amides is 1. The molecule has 0 aliphatic carbocycles. The number of methoxy groups -OCH3 is 1. The summed E-state index contributed by atoms with van der Waals surface area (Å²) in [7, 11) is 1.53. The number of ether oxygens (including phenoxy) is 1. The van der Waals surface area contributed by atoms with Crippen molar-refractivity contribution < 1.29 is 14.6 Å². The fourth-order valence-electron chi connectivity index (χ4n) is 1.50. The molecule has 0 aliphatic rings. The second-order valence-electron chi connectivity index (χ2n) is 3.95. The van der Waals surface area contributed by atoms with Crippen LogP contribution in [0.1, 0.15) is 30.1 Å². The smallest absolute Gasteiger partial charge is 0.255 e. The van der Waals surface area contributed by atoms with Gasteiger partial charge in [-0.2, -0.15) is 0 Å². The highest BCUT2D eigenvalue weighted by atomic mass is 79.9. The van der Waals surface area contributed by atoms with Gasteiger partial charge in [0.25, 0.3) is 5.91 Å². The molecule has 4 nitrogen and oxygen atoms in total. The van der Waals surface area contributed by atoms with Gasteiger partial charge in [0.1, 0.15) is 5.75 Å². The SMILES string of the molecule is CCC(O)CCNC(=O)c1ccc(Br)cc1OC. The highest BCUT2D eigenvalue weighted by Gasteiger charge is 2.12. The maximum Gasteiger partial charge on any atom is 0.255 e. The zero-order chi connectivity index (χ0) is 13.5. The van der Waals surface area contributed by atoms with Gasteiger partial charge in [-0.3, -0.25) is 4.79 Å². The van der Waals surface area contributed by atoms with Gasteiger partial charge in [-0.15, -0.1) is 0 Å². The Morgan fingerprint density at radius 3 is 2.89 bits per heavy atom. The molecule has 5 heteroatoms. The van der Waals surface area contributed by atoms with E-state index in [2.05, 4.69) is 21.2 Å².